The van der Waals surface area contributed by atoms with Crippen LogP contribution in [0.4, 0.5) is 17.6 Å². The van der Waals surface area contributed by atoms with Crippen LogP contribution in [0.1, 0.15) is 33.7 Å². The van der Waals surface area contributed by atoms with Crippen molar-refractivity contribution in [3.05, 3.63) is 92.4 Å². The molecular weight excluding hydrogens is 468 g/mol. The van der Waals surface area contributed by atoms with Gasteiger partial charge in [0, 0.05) is 29.2 Å². The van der Waals surface area contributed by atoms with E-state index in [1.807, 2.05) is 18.2 Å². The van der Waals surface area contributed by atoms with Crippen LogP contribution >= 0.6 is 11.3 Å². The summed E-state index contributed by atoms with van der Waals surface area (Å²) in [6, 6.07) is 7.94. The molecule has 10 heteroatoms. The highest BCUT2D eigenvalue weighted by Gasteiger charge is 2.31. The number of halogens is 4. The molecule has 3 aromatic heterocycles. The number of aryl methyl sites for hydroxylation is 1. The van der Waals surface area contributed by atoms with E-state index in [2.05, 4.69) is 15.3 Å². The summed E-state index contributed by atoms with van der Waals surface area (Å²) in [5.41, 5.74) is 0.757. The van der Waals surface area contributed by atoms with E-state index in [-0.39, 0.29) is 23.7 Å². The van der Waals surface area contributed by atoms with Gasteiger partial charge in [0.05, 0.1) is 29.5 Å². The van der Waals surface area contributed by atoms with Crippen molar-refractivity contribution in [2.24, 2.45) is 0 Å². The van der Waals surface area contributed by atoms with E-state index in [9.17, 15) is 22.4 Å². The molecule has 0 saturated heterocycles. The fourth-order valence-corrected chi connectivity index (χ4v) is 5.55. The normalized spacial score (nSPS) is 16.1. The molecule has 0 bridgehead atoms. The lowest BCUT2D eigenvalue weighted by Crippen LogP contribution is -2.34. The van der Waals surface area contributed by atoms with Gasteiger partial charge in [0.25, 0.3) is 5.56 Å². The largest absolute Gasteiger partial charge is 0.416 e. The van der Waals surface area contributed by atoms with Gasteiger partial charge < -0.3 is 5.32 Å². The van der Waals surface area contributed by atoms with Gasteiger partial charge in [-0.15, -0.1) is 11.3 Å². The number of alkyl halides is 3. The number of fused-ring (bicyclic) bond motifs is 3. The molecule has 5 nitrogen and oxygen atoms in total. The number of thiophene rings is 1. The maximum Gasteiger partial charge on any atom is 0.416 e. The Hall–Kier alpha value is -3.11. The molecule has 0 saturated carbocycles. The number of rotatable bonds is 5. The molecule has 1 N–H and O–H groups in total. The van der Waals surface area contributed by atoms with Gasteiger partial charge in [0.15, 0.2) is 0 Å². The lowest BCUT2D eigenvalue weighted by molar-refractivity contribution is -0.137. The first-order chi connectivity index (χ1) is 16.3. The van der Waals surface area contributed by atoms with Crippen molar-refractivity contribution < 1.29 is 17.6 Å². The fraction of sp³-hybridized carbons (Fsp3) is 0.292. The number of hydrogen-bond donors (Lipinski definition) is 1. The van der Waals surface area contributed by atoms with Gasteiger partial charge in [-0.1, -0.05) is 6.07 Å². The van der Waals surface area contributed by atoms with Gasteiger partial charge in [-0.3, -0.25) is 14.3 Å². The van der Waals surface area contributed by atoms with Gasteiger partial charge >= 0.3 is 6.18 Å². The molecule has 4 aromatic rings. The molecule has 176 valence electrons. The molecule has 3 heterocycles. The van der Waals surface area contributed by atoms with Crippen molar-refractivity contribution in [1.82, 2.24) is 19.9 Å². The van der Waals surface area contributed by atoms with E-state index in [4.69, 9.17) is 0 Å². The molecule has 34 heavy (non-hydrogen) atoms. The minimum absolute atomic E-state index is 0.00419. The minimum Gasteiger partial charge on any atom is -0.309 e. The lowest BCUT2D eigenvalue weighted by atomic mass is 9.93. The van der Waals surface area contributed by atoms with Gasteiger partial charge in [-0.05, 0) is 55.2 Å². The second-order valence-corrected chi connectivity index (χ2v) is 9.39. The Morgan fingerprint density at radius 2 is 2.03 bits per heavy atom. The summed E-state index contributed by atoms with van der Waals surface area (Å²) < 4.78 is 54.5. The van der Waals surface area contributed by atoms with Crippen LogP contribution in [0.25, 0.3) is 10.2 Å². The first kappa shape index (κ1) is 22.7. The van der Waals surface area contributed by atoms with Gasteiger partial charge in [-0.2, -0.15) is 13.2 Å². The Kier molecular flexibility index (Phi) is 5.95. The maximum absolute atomic E-state index is 14.1. The molecule has 1 aliphatic rings. The van der Waals surface area contributed by atoms with Gasteiger partial charge in [0.2, 0.25) is 0 Å². The first-order valence-electron chi connectivity index (χ1n) is 10.8. The molecule has 0 aliphatic heterocycles. The number of benzene rings is 1. The standard InChI is InChI=1S/C24H20F4N4OS/c25-19-7-4-15(24(26,27)28)9-14(19)11-30-16-5-6-18-20(10-16)34-22-21(18)23(33)32(13-31-22)12-17-3-1-2-8-29-17/h1-4,7-9,13,16,30H,5-6,10-12H2. The van der Waals surface area contributed by atoms with Crippen molar-refractivity contribution in [2.75, 3.05) is 0 Å². The molecule has 0 radical (unpaired) electrons. The zero-order chi connectivity index (χ0) is 23.9. The molecule has 0 amide bonds. The van der Waals surface area contributed by atoms with Crippen LogP contribution in [-0.2, 0) is 32.1 Å². The van der Waals surface area contributed by atoms with Crippen LogP contribution in [-0.4, -0.2) is 20.6 Å². The summed E-state index contributed by atoms with van der Waals surface area (Å²) in [7, 11) is 0. The van der Waals surface area contributed by atoms with Crippen LogP contribution in [0.5, 0.6) is 0 Å². The smallest absolute Gasteiger partial charge is 0.309 e. The predicted molar refractivity (Wildman–Crippen MR) is 121 cm³/mol. The van der Waals surface area contributed by atoms with Crippen LogP contribution < -0.4 is 10.9 Å². The zero-order valence-corrected chi connectivity index (χ0v) is 18.7. The number of hydrogen-bond acceptors (Lipinski definition) is 5. The van der Waals surface area contributed by atoms with E-state index >= 15 is 0 Å². The van der Waals surface area contributed by atoms with Crippen LogP contribution in [0, 0.1) is 5.82 Å². The topological polar surface area (TPSA) is 59.8 Å². The fourth-order valence-electron chi connectivity index (χ4n) is 4.30. The summed E-state index contributed by atoms with van der Waals surface area (Å²) in [4.78, 5) is 23.6. The van der Waals surface area contributed by atoms with Crippen LogP contribution in [0.2, 0.25) is 0 Å². The van der Waals surface area contributed by atoms with Crippen LogP contribution in [0.15, 0.2) is 53.7 Å². The lowest BCUT2D eigenvalue weighted by Gasteiger charge is -2.23. The Labute approximate surface area is 196 Å². The summed E-state index contributed by atoms with van der Waals surface area (Å²) in [5, 5.41) is 3.81. The summed E-state index contributed by atoms with van der Waals surface area (Å²) in [6.45, 7) is 0.329. The maximum atomic E-state index is 14.1. The molecule has 1 aromatic carbocycles. The molecule has 1 atom stereocenters. The quantitative estimate of drug-likeness (QED) is 0.414. The third-order valence-corrected chi connectivity index (χ3v) is 7.21. The van der Waals surface area contributed by atoms with Crippen molar-refractivity contribution in [3.8, 4) is 0 Å². The first-order valence-corrected chi connectivity index (χ1v) is 11.6. The third-order valence-electron chi connectivity index (χ3n) is 6.05. The van der Waals surface area contributed by atoms with Crippen molar-refractivity contribution in [2.45, 2.75) is 44.6 Å². The number of pyridine rings is 1. The second kappa shape index (κ2) is 8.92. The monoisotopic (exact) mass is 488 g/mol. The molecule has 1 aliphatic carbocycles. The zero-order valence-electron chi connectivity index (χ0n) is 17.9. The van der Waals surface area contributed by atoms with E-state index in [0.717, 1.165) is 34.3 Å². The Balaban J connectivity index is 1.34. The minimum atomic E-state index is -4.52. The van der Waals surface area contributed by atoms with Gasteiger partial charge in [0.1, 0.15) is 10.6 Å². The highest BCUT2D eigenvalue weighted by molar-refractivity contribution is 7.18. The number of nitrogens with one attached hydrogen (secondary N) is 1. The second-order valence-electron chi connectivity index (χ2n) is 8.31. The molecule has 1 unspecified atom stereocenters. The van der Waals surface area contributed by atoms with E-state index < -0.39 is 17.6 Å². The Bertz CT molecular complexity index is 1400. The van der Waals surface area contributed by atoms with Crippen LogP contribution in [0.3, 0.4) is 0 Å². The number of aromatic nitrogens is 3. The molecule has 0 fully saturated rings. The molecule has 5 rings (SSSR count). The SMILES string of the molecule is O=c1c2c3c(sc2ncn1Cc1ccccn1)CC(NCc1cc(C(F)(F)F)ccc1F)CC3. The molecular formula is C24H20F4N4OS. The van der Waals surface area contributed by atoms with E-state index in [0.29, 0.717) is 36.0 Å². The predicted octanol–water partition coefficient (Wildman–Crippen LogP) is 4.71. The van der Waals surface area contributed by atoms with Crippen molar-refractivity contribution in [3.63, 3.8) is 0 Å². The Morgan fingerprint density at radius 1 is 1.18 bits per heavy atom. The highest BCUT2D eigenvalue weighted by Crippen LogP contribution is 2.34. The summed E-state index contributed by atoms with van der Waals surface area (Å²) in [6.07, 6.45) is 0.632. The highest BCUT2D eigenvalue weighted by atomic mass is 32.1. The van der Waals surface area contributed by atoms with Crippen molar-refractivity contribution >= 4 is 21.6 Å². The van der Waals surface area contributed by atoms with E-state index in [1.165, 1.54) is 17.7 Å². The average molecular weight is 489 g/mol. The van der Waals surface area contributed by atoms with Gasteiger partial charge in [-0.25, -0.2) is 9.37 Å². The number of nitrogens with zero attached hydrogens (tertiary/aromatic N) is 3. The summed E-state index contributed by atoms with van der Waals surface area (Å²) >= 11 is 1.46. The average Bonchev–Trinajstić information content (AvgIpc) is 3.19. The summed E-state index contributed by atoms with van der Waals surface area (Å²) in [5.74, 6) is -0.670. The van der Waals surface area contributed by atoms with E-state index in [1.54, 1.807) is 10.8 Å². The van der Waals surface area contributed by atoms with Crippen molar-refractivity contribution in [1.29, 1.82) is 0 Å². The molecule has 0 spiro atoms. The third kappa shape index (κ3) is 4.47. The Morgan fingerprint density at radius 3 is 2.79 bits per heavy atom.